The lowest BCUT2D eigenvalue weighted by Crippen LogP contribution is -2.28. The van der Waals surface area contributed by atoms with E-state index in [9.17, 15) is 4.79 Å². The Kier molecular flexibility index (Phi) is 5.30. The summed E-state index contributed by atoms with van der Waals surface area (Å²) in [5.41, 5.74) is 5.99. The van der Waals surface area contributed by atoms with Gasteiger partial charge in [0.05, 0.1) is 24.9 Å². The summed E-state index contributed by atoms with van der Waals surface area (Å²) in [5, 5.41) is 5.12. The van der Waals surface area contributed by atoms with Gasteiger partial charge in [-0.3, -0.25) is 4.68 Å². The van der Waals surface area contributed by atoms with Crippen LogP contribution >= 0.6 is 0 Å². The summed E-state index contributed by atoms with van der Waals surface area (Å²) in [6.07, 6.45) is 7.65. The number of ether oxygens (including phenoxy) is 1. The van der Waals surface area contributed by atoms with E-state index in [4.69, 9.17) is 9.84 Å². The van der Waals surface area contributed by atoms with Crippen molar-refractivity contribution < 1.29 is 9.53 Å². The van der Waals surface area contributed by atoms with Gasteiger partial charge in [0.15, 0.2) is 0 Å². The summed E-state index contributed by atoms with van der Waals surface area (Å²) < 4.78 is 7.01. The number of esters is 1. The SMILES string of the molecule is COC(=O)c1ccc(Cn2nc(C3CCCCC3)c3c2CCN(C)C3)cc1. The molecule has 0 spiro atoms. The van der Waals surface area contributed by atoms with Crippen molar-refractivity contribution in [3.8, 4) is 0 Å². The molecule has 0 radical (unpaired) electrons. The van der Waals surface area contributed by atoms with Crippen molar-refractivity contribution in [3.05, 3.63) is 52.3 Å². The highest BCUT2D eigenvalue weighted by Gasteiger charge is 2.28. The third kappa shape index (κ3) is 3.79. The molecule has 0 unspecified atom stereocenters. The van der Waals surface area contributed by atoms with Gasteiger partial charge in [0.2, 0.25) is 0 Å². The first-order valence-corrected chi connectivity index (χ1v) is 10.1. The third-order valence-corrected chi connectivity index (χ3v) is 6.06. The molecule has 2 aliphatic rings. The highest BCUT2D eigenvalue weighted by molar-refractivity contribution is 5.89. The normalized spacial score (nSPS) is 18.3. The molecule has 5 nitrogen and oxygen atoms in total. The van der Waals surface area contributed by atoms with Gasteiger partial charge in [-0.15, -0.1) is 0 Å². The Morgan fingerprint density at radius 2 is 1.93 bits per heavy atom. The molecule has 1 aliphatic carbocycles. The maximum absolute atomic E-state index is 11.6. The summed E-state index contributed by atoms with van der Waals surface area (Å²) in [5.74, 6) is 0.336. The minimum absolute atomic E-state index is 0.291. The number of rotatable bonds is 4. The molecule has 0 saturated heterocycles. The fourth-order valence-corrected chi connectivity index (χ4v) is 4.52. The topological polar surface area (TPSA) is 47.4 Å². The van der Waals surface area contributed by atoms with Crippen LogP contribution in [0.1, 0.15) is 70.9 Å². The number of hydrogen-bond acceptors (Lipinski definition) is 4. The largest absolute Gasteiger partial charge is 0.465 e. The zero-order chi connectivity index (χ0) is 18.8. The Balaban J connectivity index is 1.61. The van der Waals surface area contributed by atoms with E-state index in [1.165, 1.54) is 61.7 Å². The standard InChI is InChI=1S/C22H29N3O2/c1-24-13-12-20-19(15-24)21(17-6-4-3-5-7-17)23-25(20)14-16-8-10-18(11-9-16)22(26)27-2/h8-11,17H,3-7,12-15H2,1-2H3. The molecule has 27 heavy (non-hydrogen) atoms. The van der Waals surface area contributed by atoms with Gasteiger partial charge in [-0.05, 0) is 37.6 Å². The summed E-state index contributed by atoms with van der Waals surface area (Å²) in [6.45, 7) is 2.87. The Hall–Kier alpha value is -2.14. The molecule has 2 heterocycles. The predicted octanol–water partition coefficient (Wildman–Crippen LogP) is 3.75. The number of methoxy groups -OCH3 is 1. The number of aromatic nitrogens is 2. The van der Waals surface area contributed by atoms with Crippen LogP contribution in [0.5, 0.6) is 0 Å². The molecule has 1 saturated carbocycles. The molecular formula is C22H29N3O2. The first-order valence-electron chi connectivity index (χ1n) is 10.1. The van der Waals surface area contributed by atoms with Crippen LogP contribution in [-0.2, 0) is 24.2 Å². The van der Waals surface area contributed by atoms with Crippen molar-refractivity contribution in [2.45, 2.75) is 57.5 Å². The number of carbonyl (C=O) groups excluding carboxylic acids is 1. The van der Waals surface area contributed by atoms with Crippen molar-refractivity contribution in [3.63, 3.8) is 0 Å². The van der Waals surface area contributed by atoms with E-state index in [2.05, 4.69) is 16.6 Å². The Morgan fingerprint density at radius 1 is 1.19 bits per heavy atom. The molecule has 1 fully saturated rings. The highest BCUT2D eigenvalue weighted by atomic mass is 16.5. The van der Waals surface area contributed by atoms with E-state index in [0.717, 1.165) is 26.1 Å². The molecule has 0 atom stereocenters. The second-order valence-electron chi connectivity index (χ2n) is 7.98. The quantitative estimate of drug-likeness (QED) is 0.772. The van der Waals surface area contributed by atoms with E-state index < -0.39 is 0 Å². The lowest BCUT2D eigenvalue weighted by Gasteiger charge is -2.26. The van der Waals surface area contributed by atoms with Crippen molar-refractivity contribution in [1.82, 2.24) is 14.7 Å². The highest BCUT2D eigenvalue weighted by Crippen LogP contribution is 2.36. The maximum Gasteiger partial charge on any atom is 0.337 e. The molecule has 1 aromatic heterocycles. The van der Waals surface area contributed by atoms with E-state index in [0.29, 0.717) is 11.5 Å². The zero-order valence-corrected chi connectivity index (χ0v) is 16.4. The Labute approximate surface area is 161 Å². The van der Waals surface area contributed by atoms with Crippen molar-refractivity contribution >= 4 is 5.97 Å². The van der Waals surface area contributed by atoms with E-state index in [-0.39, 0.29) is 5.97 Å². The van der Waals surface area contributed by atoms with Gasteiger partial charge >= 0.3 is 5.97 Å². The first kappa shape index (κ1) is 18.2. The van der Waals surface area contributed by atoms with Crippen LogP contribution in [0.4, 0.5) is 0 Å². The molecule has 0 N–H and O–H groups in total. The predicted molar refractivity (Wildman–Crippen MR) is 105 cm³/mol. The van der Waals surface area contributed by atoms with Crippen LogP contribution < -0.4 is 0 Å². The van der Waals surface area contributed by atoms with E-state index in [1.54, 1.807) is 0 Å². The number of benzene rings is 1. The molecular weight excluding hydrogens is 338 g/mol. The maximum atomic E-state index is 11.6. The van der Waals surface area contributed by atoms with Crippen LogP contribution in [0.15, 0.2) is 24.3 Å². The number of hydrogen-bond donors (Lipinski definition) is 0. The van der Waals surface area contributed by atoms with E-state index >= 15 is 0 Å². The fourth-order valence-electron chi connectivity index (χ4n) is 4.52. The lowest BCUT2D eigenvalue weighted by molar-refractivity contribution is 0.0600. The molecule has 4 rings (SSSR count). The number of likely N-dealkylation sites (N-methyl/N-ethyl adjacent to an activating group) is 1. The van der Waals surface area contributed by atoms with Gasteiger partial charge in [0.25, 0.3) is 0 Å². The second kappa shape index (κ2) is 7.85. The number of fused-ring (bicyclic) bond motifs is 1. The van der Waals surface area contributed by atoms with Gasteiger partial charge in [0.1, 0.15) is 0 Å². The minimum atomic E-state index is -0.291. The van der Waals surface area contributed by atoms with Crippen molar-refractivity contribution in [1.29, 1.82) is 0 Å². The second-order valence-corrected chi connectivity index (χ2v) is 7.98. The summed E-state index contributed by atoms with van der Waals surface area (Å²) in [7, 11) is 3.62. The molecule has 2 aromatic rings. The van der Waals surface area contributed by atoms with Crippen molar-refractivity contribution in [2.24, 2.45) is 0 Å². The summed E-state index contributed by atoms with van der Waals surface area (Å²) in [6, 6.07) is 7.70. The smallest absolute Gasteiger partial charge is 0.337 e. The van der Waals surface area contributed by atoms with Gasteiger partial charge in [-0.1, -0.05) is 31.4 Å². The van der Waals surface area contributed by atoms with Gasteiger partial charge in [-0.2, -0.15) is 5.10 Å². The lowest BCUT2D eigenvalue weighted by atomic mass is 9.84. The van der Waals surface area contributed by atoms with Crippen LogP contribution in [-0.4, -0.2) is 41.4 Å². The van der Waals surface area contributed by atoms with Gasteiger partial charge in [0, 0.05) is 36.7 Å². The number of nitrogens with zero attached hydrogens (tertiary/aromatic N) is 3. The molecule has 1 aliphatic heterocycles. The van der Waals surface area contributed by atoms with Gasteiger partial charge < -0.3 is 9.64 Å². The monoisotopic (exact) mass is 367 g/mol. The van der Waals surface area contributed by atoms with Gasteiger partial charge in [-0.25, -0.2) is 4.79 Å². The van der Waals surface area contributed by atoms with Crippen LogP contribution in [0.3, 0.4) is 0 Å². The van der Waals surface area contributed by atoms with Crippen LogP contribution in [0.2, 0.25) is 0 Å². The van der Waals surface area contributed by atoms with Crippen molar-refractivity contribution in [2.75, 3.05) is 20.7 Å². The zero-order valence-electron chi connectivity index (χ0n) is 16.4. The average Bonchev–Trinajstić information content (AvgIpc) is 3.06. The number of carbonyl (C=O) groups is 1. The average molecular weight is 367 g/mol. The van der Waals surface area contributed by atoms with Crippen LogP contribution in [0.25, 0.3) is 0 Å². The minimum Gasteiger partial charge on any atom is -0.465 e. The molecule has 0 bridgehead atoms. The summed E-state index contributed by atoms with van der Waals surface area (Å²) >= 11 is 0. The first-order chi connectivity index (χ1) is 13.2. The van der Waals surface area contributed by atoms with Crippen LogP contribution in [0, 0.1) is 0 Å². The molecule has 0 amide bonds. The molecule has 1 aromatic carbocycles. The molecule has 5 heteroatoms. The molecule has 144 valence electrons. The van der Waals surface area contributed by atoms with E-state index in [1.807, 2.05) is 24.3 Å². The Morgan fingerprint density at radius 3 is 2.63 bits per heavy atom. The fraction of sp³-hybridized carbons (Fsp3) is 0.545. The third-order valence-electron chi connectivity index (χ3n) is 6.06. The summed E-state index contributed by atoms with van der Waals surface area (Å²) in [4.78, 5) is 14.0. The Bertz CT molecular complexity index is 804.